The number of benzene rings is 1. The number of ether oxygens (including phenoxy) is 2. The van der Waals surface area contributed by atoms with Crippen molar-refractivity contribution in [3.63, 3.8) is 0 Å². The third-order valence-corrected chi connectivity index (χ3v) is 4.97. The smallest absolute Gasteiger partial charge is 0.191 e. The van der Waals surface area contributed by atoms with Crippen molar-refractivity contribution in [2.24, 2.45) is 0 Å². The minimum Gasteiger partial charge on any atom is -0.494 e. The van der Waals surface area contributed by atoms with Crippen LogP contribution in [0.1, 0.15) is 6.42 Å². The van der Waals surface area contributed by atoms with E-state index >= 15 is 0 Å². The van der Waals surface area contributed by atoms with Crippen molar-refractivity contribution >= 4 is 16.7 Å². The minimum atomic E-state index is -0.441. The molecule has 0 N–H and O–H groups in total. The van der Waals surface area contributed by atoms with Crippen LogP contribution in [0.4, 0.5) is 10.2 Å². The average molecular weight is 332 g/mol. The monoisotopic (exact) mass is 332 g/mol. The Balaban J connectivity index is 1.79. The van der Waals surface area contributed by atoms with Crippen LogP contribution in [0.15, 0.2) is 18.5 Å². The van der Waals surface area contributed by atoms with Crippen molar-refractivity contribution in [2.75, 3.05) is 45.3 Å². The lowest BCUT2D eigenvalue weighted by atomic mass is 9.98. The van der Waals surface area contributed by atoms with Crippen LogP contribution in [0.3, 0.4) is 0 Å². The van der Waals surface area contributed by atoms with Crippen LogP contribution in [0.25, 0.3) is 10.9 Å². The maximum absolute atomic E-state index is 14.5. The van der Waals surface area contributed by atoms with Crippen LogP contribution < -0.4 is 9.64 Å². The maximum Gasteiger partial charge on any atom is 0.191 e. The summed E-state index contributed by atoms with van der Waals surface area (Å²) in [7, 11) is 3.57. The summed E-state index contributed by atoms with van der Waals surface area (Å²) in [6.07, 6.45) is 2.63. The molecule has 0 aliphatic carbocycles. The number of morpholine rings is 1. The number of fused-ring (bicyclic) bond motifs is 2. The summed E-state index contributed by atoms with van der Waals surface area (Å²) in [5.41, 5.74) is 0.298. The number of hydrogen-bond acceptors (Lipinski definition) is 6. The lowest BCUT2D eigenvalue weighted by Gasteiger charge is -2.47. The van der Waals surface area contributed by atoms with Gasteiger partial charge < -0.3 is 19.3 Å². The molecule has 0 amide bonds. The molecule has 0 saturated carbocycles. The van der Waals surface area contributed by atoms with Gasteiger partial charge in [-0.15, -0.1) is 0 Å². The zero-order valence-corrected chi connectivity index (χ0v) is 13.9. The molecular weight excluding hydrogens is 311 g/mol. The SMILES string of the molecule is COc1ccc2c(N3CCO[C@H]4CCN(C)C[C@H]43)ncnc2c1F. The molecule has 128 valence electrons. The molecule has 24 heavy (non-hydrogen) atoms. The molecule has 2 fully saturated rings. The highest BCUT2D eigenvalue weighted by atomic mass is 19.1. The Morgan fingerprint density at radius 2 is 2.17 bits per heavy atom. The first-order chi connectivity index (χ1) is 11.7. The van der Waals surface area contributed by atoms with Gasteiger partial charge in [-0.05, 0) is 25.6 Å². The van der Waals surface area contributed by atoms with Crippen molar-refractivity contribution in [1.82, 2.24) is 14.9 Å². The lowest BCUT2D eigenvalue weighted by Crippen LogP contribution is -2.59. The highest BCUT2D eigenvalue weighted by Crippen LogP contribution is 2.33. The molecule has 0 bridgehead atoms. The molecule has 2 saturated heterocycles. The van der Waals surface area contributed by atoms with Crippen LogP contribution in [-0.2, 0) is 4.74 Å². The number of methoxy groups -OCH3 is 1. The van der Waals surface area contributed by atoms with Gasteiger partial charge in [0.1, 0.15) is 17.7 Å². The van der Waals surface area contributed by atoms with Gasteiger partial charge in [-0.2, -0.15) is 0 Å². The van der Waals surface area contributed by atoms with Crippen molar-refractivity contribution < 1.29 is 13.9 Å². The Hall–Kier alpha value is -1.99. The first kappa shape index (κ1) is 15.5. The number of hydrogen-bond donors (Lipinski definition) is 0. The Kier molecular flexibility index (Phi) is 3.97. The van der Waals surface area contributed by atoms with Gasteiger partial charge >= 0.3 is 0 Å². The molecular formula is C17H21FN4O2. The molecule has 2 aliphatic heterocycles. The highest BCUT2D eigenvalue weighted by molar-refractivity contribution is 5.91. The molecule has 4 rings (SSSR count). The topological polar surface area (TPSA) is 50.7 Å². The number of rotatable bonds is 2. The van der Waals surface area contributed by atoms with Gasteiger partial charge in [0, 0.05) is 25.0 Å². The minimum absolute atomic E-state index is 0.197. The highest BCUT2D eigenvalue weighted by Gasteiger charge is 2.37. The van der Waals surface area contributed by atoms with E-state index in [1.54, 1.807) is 6.07 Å². The van der Waals surface area contributed by atoms with Crippen molar-refractivity contribution in [3.05, 3.63) is 24.3 Å². The molecule has 1 aromatic heterocycles. The number of piperidine rings is 1. The quantitative estimate of drug-likeness (QED) is 0.834. The first-order valence-corrected chi connectivity index (χ1v) is 8.23. The molecule has 6 nitrogen and oxygen atoms in total. The van der Waals surface area contributed by atoms with Crippen molar-refractivity contribution in [1.29, 1.82) is 0 Å². The third-order valence-electron chi connectivity index (χ3n) is 4.97. The van der Waals surface area contributed by atoms with E-state index in [0.717, 1.165) is 31.9 Å². The van der Waals surface area contributed by atoms with E-state index in [-0.39, 0.29) is 17.9 Å². The third kappa shape index (κ3) is 2.48. The summed E-state index contributed by atoms with van der Waals surface area (Å²) in [6, 6.07) is 3.69. The van der Waals surface area contributed by atoms with E-state index < -0.39 is 5.82 Å². The van der Waals surface area contributed by atoms with E-state index in [4.69, 9.17) is 9.47 Å². The number of aromatic nitrogens is 2. The van der Waals surface area contributed by atoms with E-state index in [0.29, 0.717) is 17.5 Å². The second kappa shape index (κ2) is 6.14. The lowest BCUT2D eigenvalue weighted by molar-refractivity contribution is -0.0244. The predicted octanol–water partition coefficient (Wildman–Crippen LogP) is 1.69. The summed E-state index contributed by atoms with van der Waals surface area (Å²) in [4.78, 5) is 13.2. The molecule has 0 unspecified atom stereocenters. The molecule has 2 aromatic rings. The number of anilines is 1. The maximum atomic E-state index is 14.5. The van der Waals surface area contributed by atoms with Gasteiger partial charge in [-0.3, -0.25) is 0 Å². The fourth-order valence-corrected chi connectivity index (χ4v) is 3.74. The van der Waals surface area contributed by atoms with Gasteiger partial charge in [0.15, 0.2) is 11.6 Å². The molecule has 0 radical (unpaired) electrons. The van der Waals surface area contributed by atoms with E-state index in [2.05, 4.69) is 26.8 Å². The van der Waals surface area contributed by atoms with Gasteiger partial charge in [0.05, 0.1) is 25.9 Å². The number of nitrogens with zero attached hydrogens (tertiary/aromatic N) is 4. The second-order valence-corrected chi connectivity index (χ2v) is 6.40. The van der Waals surface area contributed by atoms with E-state index in [1.807, 2.05) is 6.07 Å². The van der Waals surface area contributed by atoms with Crippen LogP contribution in [0, 0.1) is 5.82 Å². The predicted molar refractivity (Wildman–Crippen MR) is 89.0 cm³/mol. The molecule has 7 heteroatoms. The standard InChI is InChI=1S/C17H21FN4O2/c1-21-6-5-13-12(9-21)22(7-8-24-13)17-11-3-4-14(23-2)15(18)16(11)19-10-20-17/h3-4,10,12-13H,5-9H2,1-2H3/t12-,13+/m1/s1. The van der Waals surface area contributed by atoms with Crippen molar-refractivity contribution in [3.8, 4) is 5.75 Å². The Labute approximate surface area is 140 Å². The Morgan fingerprint density at radius 3 is 3.00 bits per heavy atom. The summed E-state index contributed by atoms with van der Waals surface area (Å²) in [6.45, 7) is 3.35. The summed E-state index contributed by atoms with van der Waals surface area (Å²) >= 11 is 0. The van der Waals surface area contributed by atoms with Gasteiger partial charge in [-0.1, -0.05) is 0 Å². The van der Waals surface area contributed by atoms with Crippen molar-refractivity contribution in [2.45, 2.75) is 18.6 Å². The number of halogens is 1. The van der Waals surface area contributed by atoms with Crippen LogP contribution in [0.5, 0.6) is 5.75 Å². The largest absolute Gasteiger partial charge is 0.494 e. The number of likely N-dealkylation sites (N-methyl/N-ethyl adjacent to an activating group) is 1. The molecule has 1 aromatic carbocycles. The van der Waals surface area contributed by atoms with Gasteiger partial charge in [0.25, 0.3) is 0 Å². The summed E-state index contributed by atoms with van der Waals surface area (Å²) < 4.78 is 25.6. The van der Waals surface area contributed by atoms with Crippen LogP contribution >= 0.6 is 0 Å². The summed E-state index contributed by atoms with van der Waals surface area (Å²) in [5.74, 6) is 0.531. The number of likely N-dealkylation sites (tertiary alicyclic amines) is 1. The molecule has 0 spiro atoms. The second-order valence-electron chi connectivity index (χ2n) is 6.40. The van der Waals surface area contributed by atoms with Gasteiger partial charge in [0.2, 0.25) is 0 Å². The molecule has 2 atom stereocenters. The average Bonchev–Trinajstić information content (AvgIpc) is 2.61. The first-order valence-electron chi connectivity index (χ1n) is 8.23. The van der Waals surface area contributed by atoms with Gasteiger partial charge in [-0.25, -0.2) is 14.4 Å². The molecule has 3 heterocycles. The Morgan fingerprint density at radius 1 is 1.29 bits per heavy atom. The van der Waals surface area contributed by atoms with Crippen LogP contribution in [-0.4, -0.2) is 67.4 Å². The fraction of sp³-hybridized carbons (Fsp3) is 0.529. The van der Waals surface area contributed by atoms with E-state index in [1.165, 1.54) is 13.4 Å². The molecule has 2 aliphatic rings. The zero-order chi connectivity index (χ0) is 16.7. The Bertz CT molecular complexity index is 757. The van der Waals surface area contributed by atoms with E-state index in [9.17, 15) is 4.39 Å². The zero-order valence-electron chi connectivity index (χ0n) is 13.9. The summed E-state index contributed by atoms with van der Waals surface area (Å²) in [5, 5.41) is 0.713. The van der Waals surface area contributed by atoms with Crippen LogP contribution in [0.2, 0.25) is 0 Å². The normalized spacial score (nSPS) is 24.9. The fourth-order valence-electron chi connectivity index (χ4n) is 3.74.